The van der Waals surface area contributed by atoms with Crippen LogP contribution in [0.4, 0.5) is 15.0 Å². The van der Waals surface area contributed by atoms with E-state index in [-0.39, 0.29) is 5.82 Å². The second kappa shape index (κ2) is 11.3. The zero-order valence-electron chi connectivity index (χ0n) is 24.5. The third kappa shape index (κ3) is 6.77. The molecule has 1 aromatic carbocycles. The molecule has 0 saturated carbocycles. The number of ether oxygens (including phenoxy) is 3. The summed E-state index contributed by atoms with van der Waals surface area (Å²) in [5, 5.41) is 7.62. The smallest absolute Gasteiger partial charge is 0.408 e. The number of carbonyl (C=O) groups excluding carboxylic acids is 1. The van der Waals surface area contributed by atoms with Gasteiger partial charge in [-0.2, -0.15) is 5.10 Å². The predicted molar refractivity (Wildman–Crippen MR) is 165 cm³/mol. The number of fused-ring (bicyclic) bond motifs is 2. The van der Waals surface area contributed by atoms with Crippen molar-refractivity contribution in [2.75, 3.05) is 24.6 Å². The molecule has 1 N–H and O–H groups in total. The summed E-state index contributed by atoms with van der Waals surface area (Å²) in [7, 11) is -1.19. The maximum Gasteiger partial charge on any atom is 0.408 e. The molecule has 0 aliphatic carbocycles. The van der Waals surface area contributed by atoms with Gasteiger partial charge in [0.15, 0.2) is 9.35 Å². The van der Waals surface area contributed by atoms with Crippen LogP contribution in [0.5, 0.6) is 5.75 Å². The fourth-order valence-electron chi connectivity index (χ4n) is 5.20. The number of hydrogen-bond donors (Lipinski definition) is 1. The van der Waals surface area contributed by atoms with Crippen LogP contribution in [0.2, 0.25) is 25.7 Å². The number of hydrogen-bond acceptors (Lipinski definition) is 8. The van der Waals surface area contributed by atoms with Crippen molar-refractivity contribution in [3.63, 3.8) is 0 Å². The number of alkyl carbamates (subject to hydrolysis) is 1. The van der Waals surface area contributed by atoms with Crippen LogP contribution in [0, 0.1) is 9.52 Å². The fourth-order valence-corrected chi connectivity index (χ4v) is 6.60. The van der Waals surface area contributed by atoms with E-state index in [1.54, 1.807) is 16.9 Å². The lowest BCUT2D eigenvalue weighted by molar-refractivity contribution is 0.0148. The van der Waals surface area contributed by atoms with E-state index in [4.69, 9.17) is 19.2 Å². The highest BCUT2D eigenvalue weighted by molar-refractivity contribution is 14.1. The first-order valence-electron chi connectivity index (χ1n) is 13.9. The molecule has 1 amide bonds. The van der Waals surface area contributed by atoms with Crippen molar-refractivity contribution in [3.05, 3.63) is 39.5 Å². The third-order valence-electron chi connectivity index (χ3n) is 7.32. The summed E-state index contributed by atoms with van der Waals surface area (Å²) in [5.74, 6) is 0.812. The zero-order chi connectivity index (χ0) is 29.6. The van der Waals surface area contributed by atoms with Crippen LogP contribution in [0.3, 0.4) is 0 Å². The van der Waals surface area contributed by atoms with E-state index < -0.39 is 31.4 Å². The van der Waals surface area contributed by atoms with Gasteiger partial charge in [-0.3, -0.25) is 0 Å². The Morgan fingerprint density at radius 2 is 2.00 bits per heavy atom. The molecule has 0 radical (unpaired) electrons. The topological polar surface area (TPSA) is 104 Å². The fraction of sp³-hybridized carbons (Fsp3) is 0.571. The zero-order valence-corrected chi connectivity index (χ0v) is 27.6. The van der Waals surface area contributed by atoms with E-state index in [9.17, 15) is 9.18 Å². The van der Waals surface area contributed by atoms with E-state index in [2.05, 4.69) is 62.5 Å². The SMILES string of the molecule is CC(C)(C)OC(=O)N[C@@H]1c2ccc(F)cc2OC12CCN(c1cnc3c(I)nn(COCC[Si](C)(C)C)c3n1)CC2. The van der Waals surface area contributed by atoms with Crippen LogP contribution >= 0.6 is 22.6 Å². The Morgan fingerprint density at radius 3 is 2.68 bits per heavy atom. The second-order valence-electron chi connectivity index (χ2n) is 13.0. The minimum atomic E-state index is -1.19. The van der Waals surface area contributed by atoms with Gasteiger partial charge in [0, 0.05) is 52.2 Å². The van der Waals surface area contributed by atoms with Gasteiger partial charge < -0.3 is 24.4 Å². The molecule has 1 spiro atoms. The van der Waals surface area contributed by atoms with Crippen molar-refractivity contribution < 1.29 is 23.4 Å². The number of aromatic nitrogens is 4. The van der Waals surface area contributed by atoms with Gasteiger partial charge in [0.2, 0.25) is 0 Å². The molecule has 222 valence electrons. The Kier molecular flexibility index (Phi) is 8.24. The van der Waals surface area contributed by atoms with Crippen LogP contribution in [-0.4, -0.2) is 64.8 Å². The summed E-state index contributed by atoms with van der Waals surface area (Å²) in [4.78, 5) is 24.6. The Hall–Kier alpha value is -2.52. The first-order valence-corrected chi connectivity index (χ1v) is 18.7. The van der Waals surface area contributed by atoms with Crippen LogP contribution in [0.25, 0.3) is 11.2 Å². The van der Waals surface area contributed by atoms with Crippen molar-refractivity contribution in [1.82, 2.24) is 25.1 Å². The summed E-state index contributed by atoms with van der Waals surface area (Å²) < 4.78 is 34.5. The molecule has 1 atom stereocenters. The summed E-state index contributed by atoms with van der Waals surface area (Å²) in [6, 6.07) is 5.07. The molecule has 4 heterocycles. The van der Waals surface area contributed by atoms with E-state index in [1.165, 1.54) is 12.1 Å². The lowest BCUT2D eigenvalue weighted by atomic mass is 9.82. The number of nitrogens with zero attached hydrogens (tertiary/aromatic N) is 5. The number of nitrogens with one attached hydrogen (secondary N) is 1. The number of rotatable bonds is 7. The Morgan fingerprint density at radius 1 is 1.27 bits per heavy atom. The van der Waals surface area contributed by atoms with Crippen molar-refractivity contribution >= 4 is 53.7 Å². The Bertz CT molecular complexity index is 1430. The minimum absolute atomic E-state index is 0.325. The molecular weight excluding hydrogens is 658 g/mol. The average Bonchev–Trinajstić information content (AvgIpc) is 3.33. The lowest BCUT2D eigenvalue weighted by Crippen LogP contribution is -2.54. The molecular formula is C28H38FIN6O4Si. The van der Waals surface area contributed by atoms with E-state index in [0.717, 1.165) is 26.6 Å². The standard InChI is InChI=1S/C28H38FIN6O4Si/c1-27(2,3)40-26(37)33-23-19-8-7-18(29)15-20(19)39-28(23)9-11-35(12-10-28)21-16-31-22-24(30)34-36(25(22)32-21)17-38-13-14-41(4,5)6/h7-8,15-16,23H,9-14,17H2,1-6H3,(H,33,37)/t23-/m1/s1. The van der Waals surface area contributed by atoms with Crippen molar-refractivity contribution in [3.8, 4) is 5.75 Å². The van der Waals surface area contributed by atoms with Gasteiger partial charge in [0.05, 0.1) is 6.20 Å². The number of amides is 1. The van der Waals surface area contributed by atoms with Gasteiger partial charge in [0.25, 0.3) is 0 Å². The highest BCUT2D eigenvalue weighted by Crippen LogP contribution is 2.49. The van der Waals surface area contributed by atoms with Gasteiger partial charge in [0.1, 0.15) is 46.9 Å². The maximum atomic E-state index is 14.1. The van der Waals surface area contributed by atoms with Crippen molar-refractivity contribution in [2.24, 2.45) is 0 Å². The third-order valence-corrected chi connectivity index (χ3v) is 9.75. The summed E-state index contributed by atoms with van der Waals surface area (Å²) in [5.41, 5.74) is 0.800. The first-order chi connectivity index (χ1) is 19.2. The number of piperidine rings is 1. The number of benzene rings is 1. The monoisotopic (exact) mass is 696 g/mol. The van der Waals surface area contributed by atoms with E-state index in [0.29, 0.717) is 50.7 Å². The van der Waals surface area contributed by atoms with Crippen LogP contribution in [0.15, 0.2) is 24.4 Å². The molecule has 2 aliphatic heterocycles. The molecule has 10 nitrogen and oxygen atoms in total. The summed E-state index contributed by atoms with van der Waals surface area (Å²) in [6.07, 6.45) is 2.41. The van der Waals surface area contributed by atoms with Gasteiger partial charge in [-0.15, -0.1) is 0 Å². The normalized spacial score (nSPS) is 18.4. The molecule has 0 unspecified atom stereocenters. The van der Waals surface area contributed by atoms with Crippen LogP contribution in [0.1, 0.15) is 45.2 Å². The second-order valence-corrected chi connectivity index (χ2v) is 19.6. The molecule has 3 aromatic rings. The van der Waals surface area contributed by atoms with Crippen molar-refractivity contribution in [2.45, 2.75) is 83.3 Å². The summed E-state index contributed by atoms with van der Waals surface area (Å²) in [6.45, 7) is 14.7. The van der Waals surface area contributed by atoms with Crippen LogP contribution in [-0.2, 0) is 16.2 Å². The molecule has 2 aromatic heterocycles. The lowest BCUT2D eigenvalue weighted by Gasteiger charge is -2.42. The highest BCUT2D eigenvalue weighted by Gasteiger charge is 2.51. The molecule has 1 fully saturated rings. The number of carbonyl (C=O) groups is 1. The van der Waals surface area contributed by atoms with Gasteiger partial charge >= 0.3 is 6.09 Å². The summed E-state index contributed by atoms with van der Waals surface area (Å²) >= 11 is 2.18. The Labute approximate surface area is 254 Å². The molecule has 0 bridgehead atoms. The highest BCUT2D eigenvalue weighted by atomic mass is 127. The molecule has 13 heteroatoms. The van der Waals surface area contributed by atoms with Crippen molar-refractivity contribution in [1.29, 1.82) is 0 Å². The molecule has 2 aliphatic rings. The minimum Gasteiger partial charge on any atom is -0.484 e. The predicted octanol–water partition coefficient (Wildman–Crippen LogP) is 5.88. The van der Waals surface area contributed by atoms with E-state index >= 15 is 0 Å². The van der Waals surface area contributed by atoms with E-state index in [1.807, 2.05) is 20.8 Å². The molecule has 41 heavy (non-hydrogen) atoms. The maximum absolute atomic E-state index is 14.1. The largest absolute Gasteiger partial charge is 0.484 e. The van der Waals surface area contributed by atoms with Gasteiger partial charge in [-0.1, -0.05) is 25.7 Å². The Balaban J connectivity index is 1.32. The van der Waals surface area contributed by atoms with Gasteiger partial charge in [-0.25, -0.2) is 23.8 Å². The number of anilines is 1. The quantitative estimate of drug-likeness (QED) is 0.186. The molecule has 5 rings (SSSR count). The van der Waals surface area contributed by atoms with Crippen LogP contribution < -0.4 is 15.0 Å². The molecule has 1 saturated heterocycles. The average molecular weight is 697 g/mol. The first kappa shape index (κ1) is 30.0. The number of halogens is 2. The van der Waals surface area contributed by atoms with Gasteiger partial charge in [-0.05, 0) is 55.5 Å².